The van der Waals surface area contributed by atoms with Crippen molar-refractivity contribution < 1.29 is 22.7 Å². The Morgan fingerprint density at radius 3 is 2.86 bits per heavy atom. The van der Waals surface area contributed by atoms with Gasteiger partial charge in [0.1, 0.15) is 18.0 Å². The number of rotatable bonds is 5. The van der Waals surface area contributed by atoms with E-state index in [9.17, 15) is 18.3 Å². The van der Waals surface area contributed by atoms with E-state index >= 15 is 4.39 Å². The maximum absolute atomic E-state index is 15.3. The topological polar surface area (TPSA) is 99.6 Å². The summed E-state index contributed by atoms with van der Waals surface area (Å²) < 4.78 is 41.9. The molecule has 154 valence electrons. The Labute approximate surface area is 168 Å². The Morgan fingerprint density at radius 1 is 1.34 bits per heavy atom. The molecule has 1 atom stereocenters. The summed E-state index contributed by atoms with van der Waals surface area (Å²) in [5.74, 6) is -1.70. The van der Waals surface area contributed by atoms with Crippen molar-refractivity contribution in [1.29, 1.82) is 0 Å². The van der Waals surface area contributed by atoms with Gasteiger partial charge in [-0.1, -0.05) is 6.07 Å². The van der Waals surface area contributed by atoms with Crippen molar-refractivity contribution in [2.24, 2.45) is 5.92 Å². The molecule has 1 unspecified atom stereocenters. The molecule has 1 aliphatic heterocycles. The van der Waals surface area contributed by atoms with E-state index in [1.165, 1.54) is 6.07 Å². The molecule has 29 heavy (non-hydrogen) atoms. The molecule has 0 radical (unpaired) electrons. The molecule has 2 aromatic rings. The van der Waals surface area contributed by atoms with E-state index in [1.807, 2.05) is 18.2 Å². The number of anilines is 1. The van der Waals surface area contributed by atoms with Crippen LogP contribution in [0.1, 0.15) is 36.1 Å². The van der Waals surface area contributed by atoms with Gasteiger partial charge in [0.2, 0.25) is 0 Å². The smallest absolute Gasteiger partial charge is 0.326 e. The number of carbonyl (C=O) groups is 1. The highest BCUT2D eigenvalue weighted by atomic mass is 32.2. The zero-order valence-electron chi connectivity index (χ0n) is 15.8. The van der Waals surface area contributed by atoms with E-state index < -0.39 is 39.9 Å². The van der Waals surface area contributed by atoms with Gasteiger partial charge < -0.3 is 5.11 Å². The first-order valence-electron chi connectivity index (χ1n) is 9.61. The van der Waals surface area contributed by atoms with Crippen LogP contribution in [0.4, 0.5) is 10.1 Å². The number of aryl methyl sites for hydroxylation is 2. The van der Waals surface area contributed by atoms with E-state index in [4.69, 9.17) is 0 Å². The van der Waals surface area contributed by atoms with Gasteiger partial charge in [-0.05, 0) is 73.8 Å². The Bertz CT molecular complexity index is 1040. The second kappa shape index (κ2) is 7.62. The largest absolute Gasteiger partial charge is 0.506 e. The standard InChI is InChI=1S/C20H22FN3O4S/c21-19-16-10-13(4-3-6-15-5-1-2-9-22-15)7-8-14(16)11-17(25)20(19)24-12-18(26)23-29(24,27)28/h1-2,5,9,11,13,25H,3-4,6-8,10,12H2,(H,23,26). The lowest BCUT2D eigenvalue weighted by molar-refractivity contribution is -0.117. The van der Waals surface area contributed by atoms with Crippen LogP contribution in [0.15, 0.2) is 30.5 Å². The van der Waals surface area contributed by atoms with Gasteiger partial charge in [-0.2, -0.15) is 8.42 Å². The molecule has 0 bridgehead atoms. The van der Waals surface area contributed by atoms with Gasteiger partial charge in [-0.3, -0.25) is 9.78 Å². The van der Waals surface area contributed by atoms with Gasteiger partial charge in [0.15, 0.2) is 5.82 Å². The summed E-state index contributed by atoms with van der Waals surface area (Å²) in [7, 11) is -4.19. The third kappa shape index (κ3) is 3.91. The predicted octanol–water partition coefficient (Wildman–Crippen LogP) is 2.24. The van der Waals surface area contributed by atoms with E-state index in [2.05, 4.69) is 4.98 Å². The summed E-state index contributed by atoms with van der Waals surface area (Å²) in [6.45, 7) is -0.543. The molecule has 2 aliphatic rings. The summed E-state index contributed by atoms with van der Waals surface area (Å²) in [6, 6.07) is 7.24. The lowest BCUT2D eigenvalue weighted by Crippen LogP contribution is -2.31. The maximum atomic E-state index is 15.3. The van der Waals surface area contributed by atoms with Crippen LogP contribution in [0.3, 0.4) is 0 Å². The van der Waals surface area contributed by atoms with Crippen LogP contribution in [0.5, 0.6) is 5.75 Å². The van der Waals surface area contributed by atoms with Gasteiger partial charge in [0.25, 0.3) is 5.91 Å². The number of nitrogens with one attached hydrogen (secondary N) is 1. The van der Waals surface area contributed by atoms with Crippen LogP contribution < -0.4 is 9.03 Å². The molecule has 1 aromatic heterocycles. The number of pyridine rings is 1. The predicted molar refractivity (Wildman–Crippen MR) is 105 cm³/mol. The number of halogens is 1. The first-order chi connectivity index (χ1) is 13.8. The normalized spacial score (nSPS) is 20.4. The average Bonchev–Trinajstić information content (AvgIpc) is 2.95. The fraction of sp³-hybridized carbons (Fsp3) is 0.400. The summed E-state index contributed by atoms with van der Waals surface area (Å²) in [5, 5.41) is 10.3. The maximum Gasteiger partial charge on any atom is 0.326 e. The van der Waals surface area contributed by atoms with Gasteiger partial charge in [0, 0.05) is 11.9 Å². The van der Waals surface area contributed by atoms with Gasteiger partial charge in [-0.15, -0.1) is 0 Å². The summed E-state index contributed by atoms with van der Waals surface area (Å²) in [6.07, 6.45) is 6.45. The average molecular weight is 419 g/mol. The molecule has 1 amide bonds. The molecule has 0 spiro atoms. The fourth-order valence-corrected chi connectivity index (χ4v) is 5.32. The molecule has 1 saturated heterocycles. The van der Waals surface area contributed by atoms with Crippen LogP contribution >= 0.6 is 0 Å². The molecular weight excluding hydrogens is 397 g/mol. The molecule has 1 aromatic carbocycles. The second-order valence-electron chi connectivity index (χ2n) is 7.56. The highest BCUT2D eigenvalue weighted by molar-refractivity contribution is 7.92. The van der Waals surface area contributed by atoms with Gasteiger partial charge in [0.05, 0.1) is 0 Å². The van der Waals surface area contributed by atoms with Crippen molar-refractivity contribution in [2.75, 3.05) is 10.8 Å². The highest BCUT2D eigenvalue weighted by Gasteiger charge is 2.39. The first-order valence-corrected chi connectivity index (χ1v) is 11.1. The molecular formula is C20H22FN3O4S. The Balaban J connectivity index is 1.52. The number of aromatic hydroxyl groups is 1. The number of phenols is 1. The number of amides is 1. The Morgan fingerprint density at radius 2 is 2.17 bits per heavy atom. The SMILES string of the molecule is O=C1CN(c2c(O)cc3c(c2F)CC(CCCc2ccccn2)CC3)S(=O)(=O)N1. The third-order valence-corrected chi connectivity index (χ3v) is 6.95. The summed E-state index contributed by atoms with van der Waals surface area (Å²) >= 11 is 0. The third-order valence-electron chi connectivity index (χ3n) is 5.57. The van der Waals surface area contributed by atoms with Gasteiger partial charge >= 0.3 is 10.2 Å². The van der Waals surface area contributed by atoms with Gasteiger partial charge in [-0.25, -0.2) is 13.4 Å². The number of hydrogen-bond donors (Lipinski definition) is 2. The lowest BCUT2D eigenvalue weighted by Gasteiger charge is -2.27. The second-order valence-corrected chi connectivity index (χ2v) is 9.15. The van der Waals surface area contributed by atoms with Crippen LogP contribution in [-0.4, -0.2) is 31.0 Å². The minimum atomic E-state index is -4.19. The minimum absolute atomic E-state index is 0.271. The number of nitrogens with zero attached hydrogens (tertiary/aromatic N) is 2. The molecule has 9 heteroatoms. The van der Waals surface area contributed by atoms with E-state index in [0.29, 0.717) is 28.3 Å². The lowest BCUT2D eigenvalue weighted by atomic mass is 9.80. The first kappa shape index (κ1) is 19.6. The zero-order chi connectivity index (χ0) is 20.6. The van der Waals surface area contributed by atoms with E-state index in [1.54, 1.807) is 10.9 Å². The summed E-state index contributed by atoms with van der Waals surface area (Å²) in [5.41, 5.74) is 1.71. The number of phenolic OH excluding ortho intramolecular Hbond substituents is 1. The molecule has 2 heterocycles. The van der Waals surface area contributed by atoms with Crippen LogP contribution in [0, 0.1) is 11.7 Å². The van der Waals surface area contributed by atoms with Crippen LogP contribution in [-0.2, 0) is 34.3 Å². The Kier molecular flexibility index (Phi) is 5.16. The molecule has 4 rings (SSSR count). The molecule has 1 aliphatic carbocycles. The highest BCUT2D eigenvalue weighted by Crippen LogP contribution is 2.41. The van der Waals surface area contributed by atoms with Crippen molar-refractivity contribution in [3.05, 3.63) is 53.1 Å². The number of fused-ring (bicyclic) bond motifs is 1. The molecule has 7 nitrogen and oxygen atoms in total. The molecule has 1 fully saturated rings. The van der Waals surface area contributed by atoms with E-state index in [0.717, 1.165) is 31.4 Å². The molecule has 0 saturated carbocycles. The van der Waals surface area contributed by atoms with E-state index in [-0.39, 0.29) is 5.92 Å². The summed E-state index contributed by atoms with van der Waals surface area (Å²) in [4.78, 5) is 15.8. The number of benzene rings is 1. The Hall–Kier alpha value is -2.68. The van der Waals surface area contributed by atoms with Crippen LogP contribution in [0.25, 0.3) is 0 Å². The van der Waals surface area contributed by atoms with Crippen molar-refractivity contribution >= 4 is 21.8 Å². The van der Waals surface area contributed by atoms with Crippen molar-refractivity contribution in [3.63, 3.8) is 0 Å². The number of carbonyl (C=O) groups excluding carboxylic acids is 1. The van der Waals surface area contributed by atoms with Crippen molar-refractivity contribution in [1.82, 2.24) is 9.71 Å². The number of hydrogen-bond acceptors (Lipinski definition) is 5. The zero-order valence-corrected chi connectivity index (χ0v) is 16.6. The monoisotopic (exact) mass is 419 g/mol. The quantitative estimate of drug-likeness (QED) is 0.774. The van der Waals surface area contributed by atoms with Crippen molar-refractivity contribution in [3.8, 4) is 5.75 Å². The van der Waals surface area contributed by atoms with Crippen LogP contribution in [0.2, 0.25) is 0 Å². The minimum Gasteiger partial charge on any atom is -0.506 e. The number of aromatic nitrogens is 1. The fourth-order valence-electron chi connectivity index (χ4n) is 4.16. The van der Waals surface area contributed by atoms with Crippen molar-refractivity contribution in [2.45, 2.75) is 38.5 Å². The molecule has 2 N–H and O–H groups in total.